The van der Waals surface area contributed by atoms with E-state index < -0.39 is 5.97 Å². The van der Waals surface area contributed by atoms with Crippen LogP contribution in [-0.4, -0.2) is 22.2 Å². The smallest absolute Gasteiger partial charge is 0.347 e. The molecule has 2 rings (SSSR count). The van der Waals surface area contributed by atoms with Crippen molar-refractivity contribution in [1.29, 1.82) is 0 Å². The Hall–Kier alpha value is -1.59. The van der Waals surface area contributed by atoms with Crippen LogP contribution in [0.1, 0.15) is 29.2 Å². The summed E-state index contributed by atoms with van der Waals surface area (Å²) >= 11 is 7.31. The van der Waals surface area contributed by atoms with E-state index in [2.05, 4.69) is 4.98 Å². The SMILES string of the molecule is Cc1nc(-c2ccc(OC(C)C)c(Cl)c2)sc1C(=O)O. The monoisotopic (exact) mass is 311 g/mol. The third kappa shape index (κ3) is 3.11. The van der Waals surface area contributed by atoms with Crippen molar-refractivity contribution in [3.05, 3.63) is 33.8 Å². The molecule has 0 fully saturated rings. The van der Waals surface area contributed by atoms with Crippen LogP contribution in [0.15, 0.2) is 18.2 Å². The third-order valence-electron chi connectivity index (χ3n) is 2.53. The second-order valence-corrected chi connectivity index (χ2v) is 5.96. The minimum absolute atomic E-state index is 0.0408. The molecule has 0 amide bonds. The van der Waals surface area contributed by atoms with Crippen LogP contribution < -0.4 is 4.74 Å². The molecule has 0 spiro atoms. The molecular formula is C14H14ClNO3S. The fourth-order valence-corrected chi connectivity index (χ4v) is 2.83. The predicted molar refractivity (Wildman–Crippen MR) is 80.0 cm³/mol. The van der Waals surface area contributed by atoms with Crippen molar-refractivity contribution in [1.82, 2.24) is 4.98 Å². The number of halogens is 1. The average Bonchev–Trinajstić information content (AvgIpc) is 2.73. The maximum atomic E-state index is 11.0. The van der Waals surface area contributed by atoms with Gasteiger partial charge in [0.1, 0.15) is 15.6 Å². The highest BCUT2D eigenvalue weighted by Gasteiger charge is 2.16. The molecule has 2 aromatic rings. The summed E-state index contributed by atoms with van der Waals surface area (Å²) in [6.07, 6.45) is 0.0408. The molecule has 4 nitrogen and oxygen atoms in total. The van der Waals surface area contributed by atoms with Gasteiger partial charge in [-0.25, -0.2) is 9.78 Å². The first-order chi connectivity index (χ1) is 9.38. The molecule has 0 saturated carbocycles. The Bertz CT molecular complexity index is 652. The van der Waals surface area contributed by atoms with E-state index in [4.69, 9.17) is 21.4 Å². The Morgan fingerprint density at radius 1 is 1.45 bits per heavy atom. The summed E-state index contributed by atoms with van der Waals surface area (Å²) < 4.78 is 5.56. The molecule has 0 unspecified atom stereocenters. The number of aromatic carboxylic acids is 1. The van der Waals surface area contributed by atoms with Gasteiger partial charge in [-0.3, -0.25) is 0 Å². The van der Waals surface area contributed by atoms with Crippen LogP contribution in [0.4, 0.5) is 0 Å². The van der Waals surface area contributed by atoms with Gasteiger partial charge >= 0.3 is 5.97 Å². The van der Waals surface area contributed by atoms with Crippen LogP contribution in [0.3, 0.4) is 0 Å². The van der Waals surface area contributed by atoms with E-state index >= 15 is 0 Å². The van der Waals surface area contributed by atoms with Gasteiger partial charge in [0.05, 0.1) is 16.8 Å². The molecule has 0 saturated heterocycles. The number of hydrogen-bond acceptors (Lipinski definition) is 4. The maximum Gasteiger partial charge on any atom is 0.347 e. The maximum absolute atomic E-state index is 11.0. The lowest BCUT2D eigenvalue weighted by Crippen LogP contribution is -2.05. The van der Waals surface area contributed by atoms with Crippen molar-refractivity contribution in [2.24, 2.45) is 0 Å². The zero-order chi connectivity index (χ0) is 14.9. The molecule has 1 N–H and O–H groups in total. The van der Waals surface area contributed by atoms with Crippen LogP contribution in [0.2, 0.25) is 5.02 Å². The highest BCUT2D eigenvalue weighted by molar-refractivity contribution is 7.17. The van der Waals surface area contributed by atoms with Gasteiger partial charge in [-0.2, -0.15) is 0 Å². The number of carbonyl (C=O) groups is 1. The molecule has 0 bridgehead atoms. The molecule has 1 aromatic carbocycles. The Labute approximate surface area is 126 Å². The van der Waals surface area contributed by atoms with Gasteiger partial charge in [0.2, 0.25) is 0 Å². The van der Waals surface area contributed by atoms with E-state index in [-0.39, 0.29) is 11.0 Å². The van der Waals surface area contributed by atoms with Gasteiger partial charge < -0.3 is 9.84 Å². The molecule has 1 heterocycles. The first-order valence-electron chi connectivity index (χ1n) is 6.05. The number of rotatable bonds is 4. The summed E-state index contributed by atoms with van der Waals surface area (Å²) in [6.45, 7) is 5.53. The van der Waals surface area contributed by atoms with Gasteiger partial charge in [0.15, 0.2) is 0 Å². The molecule has 20 heavy (non-hydrogen) atoms. The number of thiazole rings is 1. The van der Waals surface area contributed by atoms with Crippen molar-refractivity contribution >= 4 is 28.9 Å². The number of carboxylic acid groups (broad SMARTS) is 1. The lowest BCUT2D eigenvalue weighted by molar-refractivity contribution is 0.0701. The van der Waals surface area contributed by atoms with Crippen LogP contribution >= 0.6 is 22.9 Å². The Kier molecular flexibility index (Phi) is 4.30. The van der Waals surface area contributed by atoms with E-state index in [9.17, 15) is 4.79 Å². The van der Waals surface area contributed by atoms with E-state index in [0.717, 1.165) is 16.9 Å². The van der Waals surface area contributed by atoms with Gasteiger partial charge in [0, 0.05) is 5.56 Å². The molecule has 1 aromatic heterocycles. The van der Waals surface area contributed by atoms with Gasteiger partial charge in [0.25, 0.3) is 0 Å². The summed E-state index contributed by atoms with van der Waals surface area (Å²) in [5.41, 5.74) is 1.29. The normalized spacial score (nSPS) is 10.8. The van der Waals surface area contributed by atoms with Crippen LogP contribution in [0, 0.1) is 6.92 Å². The fraction of sp³-hybridized carbons (Fsp3) is 0.286. The zero-order valence-corrected chi connectivity index (χ0v) is 12.9. The zero-order valence-electron chi connectivity index (χ0n) is 11.3. The molecule has 0 atom stereocenters. The van der Waals surface area contributed by atoms with Gasteiger partial charge in [-0.05, 0) is 39.0 Å². The van der Waals surface area contributed by atoms with Crippen molar-refractivity contribution < 1.29 is 14.6 Å². The molecule has 0 aliphatic heterocycles. The number of benzene rings is 1. The van der Waals surface area contributed by atoms with Crippen molar-refractivity contribution in [2.75, 3.05) is 0 Å². The highest BCUT2D eigenvalue weighted by atomic mass is 35.5. The highest BCUT2D eigenvalue weighted by Crippen LogP contribution is 2.33. The minimum Gasteiger partial charge on any atom is -0.489 e. The summed E-state index contributed by atoms with van der Waals surface area (Å²) in [5.74, 6) is -0.353. The number of aryl methyl sites for hydroxylation is 1. The number of carboxylic acids is 1. The Morgan fingerprint density at radius 3 is 2.65 bits per heavy atom. The van der Waals surface area contributed by atoms with Crippen molar-refractivity contribution in [3.8, 4) is 16.3 Å². The largest absolute Gasteiger partial charge is 0.489 e. The fourth-order valence-electron chi connectivity index (χ4n) is 1.70. The van der Waals surface area contributed by atoms with Crippen molar-refractivity contribution in [3.63, 3.8) is 0 Å². The van der Waals surface area contributed by atoms with Crippen molar-refractivity contribution in [2.45, 2.75) is 26.9 Å². The second-order valence-electron chi connectivity index (χ2n) is 4.55. The first-order valence-corrected chi connectivity index (χ1v) is 7.25. The number of aromatic nitrogens is 1. The second kappa shape index (κ2) is 5.81. The lowest BCUT2D eigenvalue weighted by atomic mass is 10.2. The molecule has 0 aliphatic rings. The standard InChI is InChI=1S/C14H14ClNO3S/c1-7(2)19-11-5-4-9(6-10(11)15)13-16-8(3)12(20-13)14(17)18/h4-7H,1-3H3,(H,17,18). The topological polar surface area (TPSA) is 59.4 Å². The third-order valence-corrected chi connectivity index (χ3v) is 4.02. The lowest BCUT2D eigenvalue weighted by Gasteiger charge is -2.11. The molecule has 106 valence electrons. The summed E-state index contributed by atoms with van der Waals surface area (Å²) in [5, 5.41) is 10.2. The van der Waals surface area contributed by atoms with Crippen LogP contribution in [-0.2, 0) is 0 Å². The van der Waals surface area contributed by atoms with E-state index in [1.165, 1.54) is 0 Å². The van der Waals surface area contributed by atoms with Gasteiger partial charge in [-0.1, -0.05) is 11.6 Å². The van der Waals surface area contributed by atoms with E-state index in [1.54, 1.807) is 19.1 Å². The van der Waals surface area contributed by atoms with E-state index in [0.29, 0.717) is 21.5 Å². The summed E-state index contributed by atoms with van der Waals surface area (Å²) in [6, 6.07) is 5.34. The molecule has 6 heteroatoms. The first kappa shape index (κ1) is 14.8. The van der Waals surface area contributed by atoms with E-state index in [1.807, 2.05) is 19.9 Å². The Morgan fingerprint density at radius 2 is 2.15 bits per heavy atom. The van der Waals surface area contributed by atoms with Crippen LogP contribution in [0.5, 0.6) is 5.75 Å². The average molecular weight is 312 g/mol. The van der Waals surface area contributed by atoms with Crippen LogP contribution in [0.25, 0.3) is 10.6 Å². The molecule has 0 radical (unpaired) electrons. The Balaban J connectivity index is 2.36. The number of ether oxygens (including phenoxy) is 1. The quantitative estimate of drug-likeness (QED) is 0.916. The predicted octanol–water partition coefficient (Wildman–Crippen LogP) is 4.26. The number of hydrogen-bond donors (Lipinski definition) is 1. The number of nitrogens with zero attached hydrogens (tertiary/aromatic N) is 1. The van der Waals surface area contributed by atoms with Gasteiger partial charge in [-0.15, -0.1) is 11.3 Å². The summed E-state index contributed by atoms with van der Waals surface area (Å²) in [7, 11) is 0. The minimum atomic E-state index is -0.961. The molecular weight excluding hydrogens is 298 g/mol. The summed E-state index contributed by atoms with van der Waals surface area (Å²) in [4.78, 5) is 15.6. The molecule has 0 aliphatic carbocycles.